The Morgan fingerprint density at radius 2 is 2.23 bits per heavy atom. The molecule has 0 spiro atoms. The fraction of sp³-hybridized carbons (Fsp3) is 0.409. The van der Waals surface area contributed by atoms with E-state index >= 15 is 0 Å². The standard InChI is InChI=1S/C22H25N5O3/c28-18-4-1-3-16(10-18)21-14-27(25-24-21)12-17-9-15-6-7-26(17)13-20(15)22(29)23-11-19-5-2-8-30-19/h1-5,8,10,14-15,17,20,28H,6-7,9,11-13H2,(H,23,29)/t15-,17+,20-/m0/s1. The number of benzene rings is 1. The Labute approximate surface area is 174 Å². The van der Waals surface area contributed by atoms with Gasteiger partial charge in [0.25, 0.3) is 0 Å². The van der Waals surface area contributed by atoms with Crippen LogP contribution in [0.1, 0.15) is 18.6 Å². The van der Waals surface area contributed by atoms with Gasteiger partial charge in [-0.25, -0.2) is 0 Å². The maximum atomic E-state index is 12.7. The van der Waals surface area contributed by atoms with Crippen LogP contribution < -0.4 is 5.32 Å². The smallest absolute Gasteiger partial charge is 0.225 e. The Kier molecular flexibility index (Phi) is 5.00. The highest BCUT2D eigenvalue weighted by molar-refractivity contribution is 5.79. The zero-order valence-corrected chi connectivity index (χ0v) is 16.6. The average Bonchev–Trinajstić information content (AvgIpc) is 3.45. The SMILES string of the molecule is O=C(NCc1ccco1)[C@H]1CN2CC[C@H]1C[C@@H]2Cn1cc(-c2cccc(O)c2)nn1. The molecule has 0 radical (unpaired) electrons. The lowest BCUT2D eigenvalue weighted by Gasteiger charge is -2.49. The first-order valence-electron chi connectivity index (χ1n) is 10.4. The Balaban J connectivity index is 1.20. The third kappa shape index (κ3) is 3.82. The first kappa shape index (κ1) is 18.9. The number of furan rings is 1. The van der Waals surface area contributed by atoms with Crippen LogP contribution in [0.3, 0.4) is 0 Å². The quantitative estimate of drug-likeness (QED) is 0.651. The molecule has 3 aromatic rings. The molecule has 3 saturated heterocycles. The van der Waals surface area contributed by atoms with Gasteiger partial charge in [-0.1, -0.05) is 17.3 Å². The molecule has 2 aromatic heterocycles. The minimum atomic E-state index is 0.0311. The number of aromatic nitrogens is 3. The molecule has 5 heterocycles. The number of piperidine rings is 3. The molecular formula is C22H25N5O3. The molecule has 3 aliphatic rings. The van der Waals surface area contributed by atoms with Crippen LogP contribution in [0.5, 0.6) is 5.75 Å². The van der Waals surface area contributed by atoms with Gasteiger partial charge >= 0.3 is 0 Å². The van der Waals surface area contributed by atoms with Gasteiger partial charge in [0.1, 0.15) is 17.2 Å². The van der Waals surface area contributed by atoms with Crippen LogP contribution in [-0.4, -0.2) is 50.0 Å². The lowest BCUT2D eigenvalue weighted by molar-refractivity contribution is -0.133. The summed E-state index contributed by atoms with van der Waals surface area (Å²) < 4.78 is 7.17. The fourth-order valence-electron chi connectivity index (χ4n) is 4.74. The Morgan fingerprint density at radius 1 is 1.30 bits per heavy atom. The van der Waals surface area contributed by atoms with E-state index in [9.17, 15) is 9.90 Å². The van der Waals surface area contributed by atoms with Gasteiger partial charge in [-0.15, -0.1) is 5.10 Å². The highest BCUT2D eigenvalue weighted by Crippen LogP contribution is 2.37. The van der Waals surface area contributed by atoms with E-state index in [0.717, 1.165) is 49.5 Å². The fourth-order valence-corrected chi connectivity index (χ4v) is 4.74. The van der Waals surface area contributed by atoms with Gasteiger partial charge in [-0.3, -0.25) is 14.4 Å². The zero-order valence-electron chi connectivity index (χ0n) is 16.6. The van der Waals surface area contributed by atoms with E-state index in [1.54, 1.807) is 24.5 Å². The number of nitrogens with zero attached hydrogens (tertiary/aromatic N) is 4. The second-order valence-corrected chi connectivity index (χ2v) is 8.21. The van der Waals surface area contributed by atoms with E-state index < -0.39 is 0 Å². The van der Waals surface area contributed by atoms with E-state index in [1.165, 1.54) is 0 Å². The lowest BCUT2D eigenvalue weighted by Crippen LogP contribution is -2.57. The monoisotopic (exact) mass is 407 g/mol. The van der Waals surface area contributed by atoms with Gasteiger partial charge in [0.05, 0.1) is 31.5 Å². The zero-order chi connectivity index (χ0) is 20.5. The van der Waals surface area contributed by atoms with Crippen molar-refractivity contribution >= 4 is 5.91 Å². The number of phenolic OH excluding ortho intramolecular Hbond substituents is 1. The summed E-state index contributed by atoms with van der Waals surface area (Å²) in [5.74, 6) is 1.53. The number of hydrogen-bond donors (Lipinski definition) is 2. The highest BCUT2D eigenvalue weighted by Gasteiger charge is 2.43. The predicted molar refractivity (Wildman–Crippen MR) is 109 cm³/mol. The minimum absolute atomic E-state index is 0.0311. The Morgan fingerprint density at radius 3 is 3.00 bits per heavy atom. The van der Waals surface area contributed by atoms with Crippen LogP contribution in [0.4, 0.5) is 0 Å². The Hall–Kier alpha value is -3.13. The molecule has 8 heteroatoms. The maximum absolute atomic E-state index is 12.7. The van der Waals surface area contributed by atoms with Gasteiger partial charge < -0.3 is 14.8 Å². The second kappa shape index (κ2) is 7.95. The third-order valence-electron chi connectivity index (χ3n) is 6.31. The maximum Gasteiger partial charge on any atom is 0.225 e. The molecule has 156 valence electrons. The van der Waals surface area contributed by atoms with Crippen molar-refractivity contribution in [1.82, 2.24) is 25.2 Å². The normalized spacial score (nSPS) is 25.3. The van der Waals surface area contributed by atoms with E-state index in [-0.39, 0.29) is 17.6 Å². The van der Waals surface area contributed by atoms with E-state index in [2.05, 4.69) is 20.5 Å². The summed E-state index contributed by atoms with van der Waals surface area (Å²) in [4.78, 5) is 15.1. The lowest BCUT2D eigenvalue weighted by atomic mass is 9.75. The molecule has 2 N–H and O–H groups in total. The number of fused-ring (bicyclic) bond motifs is 3. The summed E-state index contributed by atoms with van der Waals surface area (Å²) in [6.07, 6.45) is 5.59. The van der Waals surface area contributed by atoms with Crippen molar-refractivity contribution in [3.05, 3.63) is 54.6 Å². The number of hydrogen-bond acceptors (Lipinski definition) is 6. The largest absolute Gasteiger partial charge is 0.508 e. The number of amides is 1. The molecule has 3 fully saturated rings. The van der Waals surface area contributed by atoms with Gasteiger partial charge in [0.2, 0.25) is 5.91 Å². The minimum Gasteiger partial charge on any atom is -0.508 e. The van der Waals surface area contributed by atoms with Gasteiger partial charge in [-0.2, -0.15) is 0 Å². The van der Waals surface area contributed by atoms with Crippen molar-refractivity contribution in [1.29, 1.82) is 0 Å². The number of nitrogens with one attached hydrogen (secondary N) is 1. The molecule has 30 heavy (non-hydrogen) atoms. The van der Waals surface area contributed by atoms with Gasteiger partial charge in [0, 0.05) is 18.2 Å². The van der Waals surface area contributed by atoms with Crippen molar-refractivity contribution in [2.45, 2.75) is 32.0 Å². The van der Waals surface area contributed by atoms with Crippen LogP contribution in [-0.2, 0) is 17.9 Å². The van der Waals surface area contributed by atoms with Crippen molar-refractivity contribution in [2.24, 2.45) is 11.8 Å². The Bertz CT molecular complexity index is 1020. The number of rotatable bonds is 6. The van der Waals surface area contributed by atoms with Crippen molar-refractivity contribution in [3.63, 3.8) is 0 Å². The highest BCUT2D eigenvalue weighted by atomic mass is 16.3. The molecular weight excluding hydrogens is 382 g/mol. The topological polar surface area (TPSA) is 96.4 Å². The first-order chi connectivity index (χ1) is 14.7. The molecule has 2 bridgehead atoms. The summed E-state index contributed by atoms with van der Waals surface area (Å²) in [7, 11) is 0. The summed E-state index contributed by atoms with van der Waals surface area (Å²) in [6, 6.07) is 11.1. The number of carbonyl (C=O) groups excluding carboxylic acids is 1. The molecule has 6 rings (SSSR count). The first-order valence-corrected chi connectivity index (χ1v) is 10.4. The molecule has 1 amide bonds. The molecule has 4 atom stereocenters. The van der Waals surface area contributed by atoms with E-state index in [0.29, 0.717) is 18.5 Å². The molecule has 1 aromatic carbocycles. The summed E-state index contributed by atoms with van der Waals surface area (Å²) in [5, 5.41) is 21.2. The molecule has 3 aliphatic heterocycles. The van der Waals surface area contributed by atoms with Crippen LogP contribution in [0.25, 0.3) is 11.3 Å². The van der Waals surface area contributed by atoms with E-state index in [1.807, 2.05) is 29.1 Å². The van der Waals surface area contributed by atoms with Crippen molar-refractivity contribution in [3.8, 4) is 17.0 Å². The third-order valence-corrected chi connectivity index (χ3v) is 6.31. The second-order valence-electron chi connectivity index (χ2n) is 8.21. The van der Waals surface area contributed by atoms with Crippen molar-refractivity contribution in [2.75, 3.05) is 13.1 Å². The van der Waals surface area contributed by atoms with Crippen LogP contribution in [0.15, 0.2) is 53.3 Å². The summed E-state index contributed by atoms with van der Waals surface area (Å²) >= 11 is 0. The number of aromatic hydroxyl groups is 1. The van der Waals surface area contributed by atoms with Crippen LogP contribution in [0, 0.1) is 11.8 Å². The van der Waals surface area contributed by atoms with Crippen LogP contribution >= 0.6 is 0 Å². The summed E-state index contributed by atoms with van der Waals surface area (Å²) in [6.45, 7) is 3.00. The number of phenols is 1. The molecule has 0 aliphatic carbocycles. The van der Waals surface area contributed by atoms with Gasteiger partial charge in [-0.05, 0) is 49.6 Å². The predicted octanol–water partition coefficient (Wildman–Crippen LogP) is 2.27. The van der Waals surface area contributed by atoms with Gasteiger partial charge in [0.15, 0.2) is 0 Å². The molecule has 1 unspecified atom stereocenters. The average molecular weight is 407 g/mol. The summed E-state index contributed by atoms with van der Waals surface area (Å²) in [5.41, 5.74) is 1.59. The van der Waals surface area contributed by atoms with E-state index in [4.69, 9.17) is 4.42 Å². The molecule has 8 nitrogen and oxygen atoms in total. The van der Waals surface area contributed by atoms with Crippen molar-refractivity contribution < 1.29 is 14.3 Å². The molecule has 0 saturated carbocycles. The van der Waals surface area contributed by atoms with Crippen LogP contribution in [0.2, 0.25) is 0 Å². The number of carbonyl (C=O) groups is 1.